The average Bonchev–Trinajstić information content (AvgIpc) is 2.80. The van der Waals surface area contributed by atoms with Gasteiger partial charge >= 0.3 is 0 Å². The van der Waals surface area contributed by atoms with E-state index in [1.54, 1.807) is 0 Å². The lowest BCUT2D eigenvalue weighted by atomic mass is 9.92. The Morgan fingerprint density at radius 1 is 1.06 bits per heavy atom. The van der Waals surface area contributed by atoms with Crippen LogP contribution < -0.4 is 0 Å². The predicted octanol–water partition coefficient (Wildman–Crippen LogP) is 2.12. The molecule has 2 aliphatic heterocycles. The first-order chi connectivity index (χ1) is 7.98. The summed E-state index contributed by atoms with van der Waals surface area (Å²) in [4.78, 5) is 16.9. The molecule has 98 valence electrons. The van der Waals surface area contributed by atoms with Crippen molar-refractivity contribution >= 4 is 5.91 Å². The van der Waals surface area contributed by atoms with Crippen molar-refractivity contribution in [2.75, 3.05) is 26.2 Å². The summed E-state index contributed by atoms with van der Waals surface area (Å²) in [7, 11) is 0. The van der Waals surface area contributed by atoms with E-state index in [0.717, 1.165) is 32.6 Å². The fourth-order valence-electron chi connectivity index (χ4n) is 2.98. The van der Waals surface area contributed by atoms with Gasteiger partial charge in [-0.2, -0.15) is 0 Å². The predicted molar refractivity (Wildman–Crippen MR) is 69.9 cm³/mol. The number of piperidine rings is 1. The van der Waals surface area contributed by atoms with E-state index < -0.39 is 0 Å². The number of carbonyl (C=O) groups is 1. The Balaban J connectivity index is 1.94. The van der Waals surface area contributed by atoms with Gasteiger partial charge < -0.3 is 4.90 Å². The molecule has 2 fully saturated rings. The van der Waals surface area contributed by atoms with Crippen molar-refractivity contribution < 1.29 is 4.79 Å². The van der Waals surface area contributed by atoms with Crippen molar-refractivity contribution in [3.8, 4) is 0 Å². The molecule has 2 aliphatic rings. The molecule has 2 saturated heterocycles. The van der Waals surface area contributed by atoms with Gasteiger partial charge in [0.15, 0.2) is 0 Å². The van der Waals surface area contributed by atoms with Crippen LogP contribution in [-0.2, 0) is 4.79 Å². The summed E-state index contributed by atoms with van der Waals surface area (Å²) in [5.74, 6) is 0.664. The number of nitrogens with zero attached hydrogens (tertiary/aromatic N) is 2. The first-order valence-corrected chi connectivity index (χ1v) is 7.02. The third kappa shape index (κ3) is 3.01. The minimum atomic E-state index is 0.198. The largest absolute Gasteiger partial charge is 0.342 e. The van der Waals surface area contributed by atoms with E-state index in [0.29, 0.717) is 5.91 Å². The Kier molecular flexibility index (Phi) is 3.76. The van der Waals surface area contributed by atoms with Crippen LogP contribution in [0.3, 0.4) is 0 Å². The molecule has 0 aromatic heterocycles. The molecule has 2 rings (SSSR count). The third-order valence-electron chi connectivity index (χ3n) is 4.14. The molecule has 0 aliphatic carbocycles. The third-order valence-corrected chi connectivity index (χ3v) is 4.14. The van der Waals surface area contributed by atoms with Gasteiger partial charge in [-0.15, -0.1) is 0 Å². The molecule has 1 atom stereocenters. The number of likely N-dealkylation sites (tertiary alicyclic amines) is 2. The second-order valence-electron chi connectivity index (χ2n) is 6.49. The molecule has 0 saturated carbocycles. The molecule has 3 heteroatoms. The molecule has 0 aromatic rings. The highest BCUT2D eigenvalue weighted by atomic mass is 16.2. The van der Waals surface area contributed by atoms with Gasteiger partial charge in [-0.05, 0) is 53.0 Å². The standard InChI is InChI=1S/C14H26N2O/c1-14(2,3)16-10-6-7-12(11-16)13(17)15-8-4-5-9-15/h12H,4-11H2,1-3H3. The zero-order valence-electron chi connectivity index (χ0n) is 11.5. The van der Waals surface area contributed by atoms with Crippen molar-refractivity contribution in [3.63, 3.8) is 0 Å². The second-order valence-corrected chi connectivity index (χ2v) is 6.49. The van der Waals surface area contributed by atoms with Gasteiger partial charge in [0.1, 0.15) is 0 Å². The minimum absolute atomic E-state index is 0.198. The molecule has 3 nitrogen and oxygen atoms in total. The maximum Gasteiger partial charge on any atom is 0.226 e. The van der Waals surface area contributed by atoms with Gasteiger partial charge in [-0.3, -0.25) is 9.69 Å². The van der Waals surface area contributed by atoms with E-state index in [-0.39, 0.29) is 11.5 Å². The van der Waals surface area contributed by atoms with Gasteiger partial charge in [-0.1, -0.05) is 0 Å². The van der Waals surface area contributed by atoms with Gasteiger partial charge in [0, 0.05) is 25.2 Å². The maximum absolute atomic E-state index is 12.4. The normalized spacial score (nSPS) is 27.5. The molecule has 0 spiro atoms. The highest BCUT2D eigenvalue weighted by molar-refractivity contribution is 5.79. The van der Waals surface area contributed by atoms with Gasteiger partial charge in [-0.25, -0.2) is 0 Å². The Hall–Kier alpha value is -0.570. The van der Waals surface area contributed by atoms with Crippen LogP contribution in [0.2, 0.25) is 0 Å². The van der Waals surface area contributed by atoms with E-state index in [1.807, 2.05) is 0 Å². The molecule has 17 heavy (non-hydrogen) atoms. The number of rotatable bonds is 1. The maximum atomic E-state index is 12.4. The number of carbonyl (C=O) groups excluding carboxylic acids is 1. The number of hydrogen-bond donors (Lipinski definition) is 0. The molecule has 0 radical (unpaired) electrons. The molecule has 1 unspecified atom stereocenters. The van der Waals surface area contributed by atoms with Crippen molar-refractivity contribution in [1.82, 2.24) is 9.80 Å². The van der Waals surface area contributed by atoms with Crippen LogP contribution in [0, 0.1) is 5.92 Å². The van der Waals surface area contributed by atoms with E-state index in [9.17, 15) is 4.79 Å². The zero-order chi connectivity index (χ0) is 12.5. The van der Waals surface area contributed by atoms with Gasteiger partial charge in [0.25, 0.3) is 0 Å². The molecule has 0 aromatic carbocycles. The summed E-state index contributed by atoms with van der Waals surface area (Å²) in [5.41, 5.74) is 0.198. The van der Waals surface area contributed by atoms with E-state index in [1.165, 1.54) is 19.3 Å². The summed E-state index contributed by atoms with van der Waals surface area (Å²) < 4.78 is 0. The first-order valence-electron chi connectivity index (χ1n) is 7.02. The second kappa shape index (κ2) is 4.97. The summed E-state index contributed by atoms with van der Waals surface area (Å²) in [6.07, 6.45) is 4.65. The monoisotopic (exact) mass is 238 g/mol. The molecule has 0 N–H and O–H groups in total. The van der Waals surface area contributed by atoms with Crippen molar-refractivity contribution in [3.05, 3.63) is 0 Å². The van der Waals surface area contributed by atoms with Crippen LogP contribution in [-0.4, -0.2) is 47.4 Å². The highest BCUT2D eigenvalue weighted by Gasteiger charge is 2.33. The van der Waals surface area contributed by atoms with Crippen LogP contribution in [0.5, 0.6) is 0 Å². The van der Waals surface area contributed by atoms with Gasteiger partial charge in [0.05, 0.1) is 5.92 Å². The summed E-state index contributed by atoms with van der Waals surface area (Å²) in [6.45, 7) is 10.8. The highest BCUT2D eigenvalue weighted by Crippen LogP contribution is 2.26. The number of amides is 1. The SMILES string of the molecule is CC(C)(C)N1CCCC(C(=O)N2CCCC2)C1. The molecular formula is C14H26N2O. The van der Waals surface area contributed by atoms with Crippen LogP contribution >= 0.6 is 0 Å². The Bertz CT molecular complexity index is 276. The van der Waals surface area contributed by atoms with Crippen molar-refractivity contribution in [2.45, 2.75) is 52.0 Å². The fourth-order valence-corrected chi connectivity index (χ4v) is 2.98. The minimum Gasteiger partial charge on any atom is -0.342 e. The molecule has 1 amide bonds. The summed E-state index contributed by atoms with van der Waals surface area (Å²) in [5, 5.41) is 0. The molecular weight excluding hydrogens is 212 g/mol. The summed E-state index contributed by atoms with van der Waals surface area (Å²) in [6, 6.07) is 0. The number of hydrogen-bond acceptors (Lipinski definition) is 2. The molecule has 0 bridgehead atoms. The first kappa shape index (κ1) is 12.9. The van der Waals surface area contributed by atoms with Crippen LogP contribution in [0.4, 0.5) is 0 Å². The van der Waals surface area contributed by atoms with E-state index in [2.05, 4.69) is 30.6 Å². The van der Waals surface area contributed by atoms with Crippen molar-refractivity contribution in [2.24, 2.45) is 5.92 Å². The zero-order valence-corrected chi connectivity index (χ0v) is 11.5. The topological polar surface area (TPSA) is 23.6 Å². The van der Waals surface area contributed by atoms with Crippen LogP contribution in [0.1, 0.15) is 46.5 Å². The fraction of sp³-hybridized carbons (Fsp3) is 0.929. The smallest absolute Gasteiger partial charge is 0.226 e. The lowest BCUT2D eigenvalue weighted by Crippen LogP contribution is -2.50. The lowest BCUT2D eigenvalue weighted by molar-refractivity contribution is -0.137. The lowest BCUT2D eigenvalue weighted by Gasteiger charge is -2.41. The van der Waals surface area contributed by atoms with Gasteiger partial charge in [0.2, 0.25) is 5.91 Å². The van der Waals surface area contributed by atoms with Crippen molar-refractivity contribution in [1.29, 1.82) is 0 Å². The Labute approximate surface area is 105 Å². The summed E-state index contributed by atoms with van der Waals surface area (Å²) >= 11 is 0. The van der Waals surface area contributed by atoms with E-state index >= 15 is 0 Å². The quantitative estimate of drug-likeness (QED) is 0.698. The average molecular weight is 238 g/mol. The molecule has 2 heterocycles. The Morgan fingerprint density at radius 3 is 2.29 bits per heavy atom. The Morgan fingerprint density at radius 2 is 1.71 bits per heavy atom. The van der Waals surface area contributed by atoms with Crippen LogP contribution in [0.25, 0.3) is 0 Å². The van der Waals surface area contributed by atoms with E-state index in [4.69, 9.17) is 0 Å². The van der Waals surface area contributed by atoms with Crippen LogP contribution in [0.15, 0.2) is 0 Å².